The zero-order valence-electron chi connectivity index (χ0n) is 25.7. The molecule has 11 heteroatoms. The van der Waals surface area contributed by atoms with E-state index >= 15 is 0 Å². The summed E-state index contributed by atoms with van der Waals surface area (Å²) in [5, 5.41) is 9.09. The Labute approximate surface area is 265 Å². The van der Waals surface area contributed by atoms with Crippen molar-refractivity contribution in [1.29, 1.82) is 5.26 Å². The Balaban J connectivity index is 1.07. The number of nitriles is 1. The van der Waals surface area contributed by atoms with Gasteiger partial charge in [-0.3, -0.25) is 14.0 Å². The summed E-state index contributed by atoms with van der Waals surface area (Å²) in [6.07, 6.45) is 2.99. The monoisotopic (exact) mass is 622 g/mol. The van der Waals surface area contributed by atoms with Gasteiger partial charge in [0.25, 0.3) is 0 Å². The number of methoxy groups -OCH3 is 1. The van der Waals surface area contributed by atoms with Crippen LogP contribution in [0.15, 0.2) is 65.5 Å². The fourth-order valence-corrected chi connectivity index (χ4v) is 6.68. The molecule has 7 rings (SSSR count). The van der Waals surface area contributed by atoms with Crippen molar-refractivity contribution >= 4 is 28.0 Å². The first-order chi connectivity index (χ1) is 22.4. The zero-order valence-corrected chi connectivity index (χ0v) is 25.7. The van der Waals surface area contributed by atoms with E-state index in [0.29, 0.717) is 36.7 Å². The average Bonchev–Trinajstić information content (AvgIpc) is 3.53. The fraction of sp³-hybridized carbons (Fsp3) is 0.371. The smallest absolute Gasteiger partial charge is 0.337 e. The van der Waals surface area contributed by atoms with Gasteiger partial charge in [0, 0.05) is 18.7 Å². The number of carbonyl (C=O) groups is 1. The highest BCUT2D eigenvalue weighted by Gasteiger charge is 2.26. The lowest BCUT2D eigenvalue weighted by Crippen LogP contribution is -2.37. The summed E-state index contributed by atoms with van der Waals surface area (Å²) in [4.78, 5) is 33.3. The molecule has 0 bridgehead atoms. The van der Waals surface area contributed by atoms with Crippen LogP contribution in [-0.4, -0.2) is 62.5 Å². The minimum Gasteiger partial charge on any atom is -0.465 e. The minimum atomic E-state index is -0.493. The maximum Gasteiger partial charge on any atom is 0.337 e. The van der Waals surface area contributed by atoms with Crippen molar-refractivity contribution in [2.45, 2.75) is 51.5 Å². The summed E-state index contributed by atoms with van der Waals surface area (Å²) in [5.41, 5.74) is 4.30. The van der Waals surface area contributed by atoms with Crippen molar-refractivity contribution in [3.63, 3.8) is 0 Å². The van der Waals surface area contributed by atoms with Gasteiger partial charge in [0.1, 0.15) is 11.6 Å². The van der Waals surface area contributed by atoms with E-state index in [2.05, 4.69) is 9.47 Å². The van der Waals surface area contributed by atoms with Crippen LogP contribution in [-0.2, 0) is 35.7 Å². The van der Waals surface area contributed by atoms with Crippen molar-refractivity contribution in [2.75, 3.05) is 26.8 Å². The number of benzene rings is 3. The second-order valence-corrected chi connectivity index (χ2v) is 12.2. The molecule has 0 saturated carbocycles. The third-order valence-corrected chi connectivity index (χ3v) is 9.38. The topological polar surface area (TPSA) is 107 Å². The summed E-state index contributed by atoms with van der Waals surface area (Å²) < 4.78 is 31.1. The molecule has 10 nitrogen and oxygen atoms in total. The maximum absolute atomic E-state index is 14.8. The average molecular weight is 623 g/mol. The van der Waals surface area contributed by atoms with E-state index in [0.717, 1.165) is 66.9 Å². The molecule has 0 aliphatic carbocycles. The summed E-state index contributed by atoms with van der Waals surface area (Å²) in [6.45, 7) is 4.54. The molecule has 0 unspecified atom stereocenters. The number of hydrogen-bond acceptors (Lipinski definition) is 7. The molecular formula is C35H35FN6O4. The largest absolute Gasteiger partial charge is 0.465 e. The minimum absolute atomic E-state index is 0.0936. The lowest BCUT2D eigenvalue weighted by Gasteiger charge is -2.32. The molecule has 2 aliphatic heterocycles. The predicted octanol–water partition coefficient (Wildman–Crippen LogP) is 4.70. The summed E-state index contributed by atoms with van der Waals surface area (Å²) in [6, 6.07) is 19.4. The van der Waals surface area contributed by atoms with Gasteiger partial charge in [-0.15, -0.1) is 0 Å². The number of esters is 1. The number of rotatable bonds is 9. The number of ether oxygens (including phenoxy) is 2. The number of carbonyl (C=O) groups excluding carboxylic acids is 1. The van der Waals surface area contributed by atoms with Crippen LogP contribution in [0.4, 0.5) is 4.39 Å². The Kier molecular flexibility index (Phi) is 8.15. The van der Waals surface area contributed by atoms with Gasteiger partial charge < -0.3 is 14.0 Å². The molecule has 0 radical (unpaired) electrons. The van der Waals surface area contributed by atoms with Gasteiger partial charge in [0.05, 0.1) is 72.1 Å². The Morgan fingerprint density at radius 2 is 1.74 bits per heavy atom. The highest BCUT2D eigenvalue weighted by Crippen LogP contribution is 2.27. The second kappa shape index (κ2) is 12.5. The predicted molar refractivity (Wildman–Crippen MR) is 170 cm³/mol. The molecular weight excluding hydrogens is 587 g/mol. The van der Waals surface area contributed by atoms with Gasteiger partial charge in [-0.2, -0.15) is 5.26 Å². The van der Waals surface area contributed by atoms with Crippen molar-refractivity contribution in [1.82, 2.24) is 23.6 Å². The fourth-order valence-electron chi connectivity index (χ4n) is 6.68. The molecule has 2 aromatic heterocycles. The number of halogens is 1. The normalized spacial score (nSPS) is 17.3. The van der Waals surface area contributed by atoms with E-state index < -0.39 is 5.82 Å². The third kappa shape index (κ3) is 5.70. The first kappa shape index (κ1) is 29.9. The van der Waals surface area contributed by atoms with E-state index in [9.17, 15) is 14.0 Å². The highest BCUT2D eigenvalue weighted by atomic mass is 19.1. The lowest BCUT2D eigenvalue weighted by molar-refractivity contribution is -0.0592. The van der Waals surface area contributed by atoms with Gasteiger partial charge in [-0.25, -0.2) is 19.0 Å². The Morgan fingerprint density at radius 1 is 0.978 bits per heavy atom. The lowest BCUT2D eigenvalue weighted by atomic mass is 9.96. The first-order valence-electron chi connectivity index (χ1n) is 15.7. The van der Waals surface area contributed by atoms with Crippen LogP contribution < -0.4 is 5.69 Å². The number of para-hydroxylation sites is 2. The van der Waals surface area contributed by atoms with Gasteiger partial charge in [-0.1, -0.05) is 18.2 Å². The maximum atomic E-state index is 14.8. The van der Waals surface area contributed by atoms with E-state index in [1.165, 1.54) is 13.2 Å². The van der Waals surface area contributed by atoms with Gasteiger partial charge in [-0.05, 0) is 80.7 Å². The molecule has 4 heterocycles. The summed E-state index contributed by atoms with van der Waals surface area (Å²) in [5.74, 6) is 0.388. The van der Waals surface area contributed by atoms with Crippen LogP contribution in [0, 0.1) is 23.1 Å². The van der Waals surface area contributed by atoms with Crippen molar-refractivity contribution in [3.05, 3.63) is 99.5 Å². The van der Waals surface area contributed by atoms with Crippen molar-refractivity contribution in [2.24, 2.45) is 5.92 Å². The van der Waals surface area contributed by atoms with E-state index in [-0.39, 0.29) is 29.9 Å². The van der Waals surface area contributed by atoms with Crippen LogP contribution in [0.1, 0.15) is 46.6 Å². The van der Waals surface area contributed by atoms with Crippen molar-refractivity contribution < 1.29 is 18.7 Å². The van der Waals surface area contributed by atoms with E-state index in [1.54, 1.807) is 22.8 Å². The van der Waals surface area contributed by atoms with E-state index in [4.69, 9.17) is 19.7 Å². The first-order valence-corrected chi connectivity index (χ1v) is 15.7. The third-order valence-electron chi connectivity index (χ3n) is 9.38. The molecule has 2 fully saturated rings. The van der Waals surface area contributed by atoms with Crippen LogP contribution in [0.25, 0.3) is 22.1 Å². The number of aromatic nitrogens is 4. The number of nitrogens with zero attached hydrogens (tertiary/aromatic N) is 6. The highest BCUT2D eigenvalue weighted by molar-refractivity contribution is 5.93. The molecule has 1 atom stereocenters. The Hall–Kier alpha value is -4.79. The molecule has 2 aliphatic rings. The van der Waals surface area contributed by atoms with E-state index in [1.807, 2.05) is 47.0 Å². The molecule has 236 valence electrons. The quantitative estimate of drug-likeness (QED) is 0.220. The molecule has 0 spiro atoms. The number of hydrogen-bond donors (Lipinski definition) is 0. The standard InChI is InChI=1S/C35H35FN6O4/c1-45-34(43)25-8-9-29-32(17-25)40(21-27-12-15-46-27)33(38-29)22-39-13-10-23(11-14-39)19-41-30-4-2-3-5-31(30)42(35(41)44)20-26-7-6-24(18-37)16-28(26)36/h2-9,16-17,23,27H,10-15,19-22H2,1H3/t27-/m0/s1. The molecule has 0 N–H and O–H groups in total. The molecule has 3 aromatic carbocycles. The Morgan fingerprint density at radius 3 is 2.41 bits per heavy atom. The molecule has 2 saturated heterocycles. The van der Waals surface area contributed by atoms with Crippen LogP contribution >= 0.6 is 0 Å². The summed E-state index contributed by atoms with van der Waals surface area (Å²) >= 11 is 0. The second-order valence-electron chi connectivity index (χ2n) is 12.2. The van der Waals surface area contributed by atoms with Gasteiger partial charge in [0.15, 0.2) is 0 Å². The molecule has 0 amide bonds. The van der Waals surface area contributed by atoms with Gasteiger partial charge >= 0.3 is 11.7 Å². The van der Waals surface area contributed by atoms with Crippen LogP contribution in [0.2, 0.25) is 0 Å². The SMILES string of the molecule is COC(=O)c1ccc2nc(CN3CCC(Cn4c(=O)n(Cc5ccc(C#N)cc5F)c5ccccc54)CC3)n(C[C@@H]3CCO3)c2c1. The van der Waals surface area contributed by atoms with Crippen LogP contribution in [0.3, 0.4) is 0 Å². The summed E-state index contributed by atoms with van der Waals surface area (Å²) in [7, 11) is 1.38. The van der Waals surface area contributed by atoms with Crippen LogP contribution in [0.5, 0.6) is 0 Å². The molecule has 46 heavy (non-hydrogen) atoms. The zero-order chi connectivity index (χ0) is 31.8. The van der Waals surface area contributed by atoms with Gasteiger partial charge in [0.2, 0.25) is 0 Å². The number of imidazole rings is 2. The van der Waals surface area contributed by atoms with Crippen molar-refractivity contribution in [3.8, 4) is 6.07 Å². The number of likely N-dealkylation sites (tertiary alicyclic amines) is 1. The molecule has 5 aromatic rings. The number of fused-ring (bicyclic) bond motifs is 2. The Bertz CT molecular complexity index is 2030. The number of piperidine rings is 1.